The number of carbonyl (C=O) groups excluding carboxylic acids is 2. The molecule has 0 radical (unpaired) electrons. The Bertz CT molecular complexity index is 3580. The summed E-state index contributed by atoms with van der Waals surface area (Å²) >= 11 is 2.16. The lowest BCUT2D eigenvalue weighted by Crippen LogP contribution is -2.48. The molecular weight excluding hydrogens is 969 g/mol. The van der Waals surface area contributed by atoms with Crippen LogP contribution in [0.3, 0.4) is 0 Å². The molecule has 0 saturated carbocycles. The van der Waals surface area contributed by atoms with E-state index in [-0.39, 0.29) is 46.0 Å². The Labute approximate surface area is 418 Å². The van der Waals surface area contributed by atoms with Gasteiger partial charge in [-0.05, 0) is 60.6 Å². The summed E-state index contributed by atoms with van der Waals surface area (Å²) in [5.41, 5.74) is -0.890. The molecule has 0 aliphatic carbocycles. The molecule has 2 amide bonds. The van der Waals surface area contributed by atoms with Crippen LogP contribution in [0.1, 0.15) is 86.9 Å². The average molecular weight is 1020 g/mol. The largest absolute Gasteiger partial charge is 0.496 e. The number of aromatic nitrogens is 10. The lowest BCUT2D eigenvalue weighted by molar-refractivity contribution is -0.125. The highest BCUT2D eigenvalue weighted by molar-refractivity contribution is 7.21. The molecule has 4 N–H and O–H groups in total. The number of nitrogens with one attached hydrogen (secondary N) is 2. The molecule has 8 aromatic rings. The summed E-state index contributed by atoms with van der Waals surface area (Å²) in [7, 11) is 2.93. The number of fused-ring (bicyclic) bond motifs is 2. The van der Waals surface area contributed by atoms with Gasteiger partial charge in [-0.25, -0.2) is 18.7 Å². The van der Waals surface area contributed by atoms with Gasteiger partial charge >= 0.3 is 11.4 Å². The molecule has 8 rings (SSSR count). The third-order valence-corrected chi connectivity index (χ3v) is 14.9. The summed E-state index contributed by atoms with van der Waals surface area (Å²) in [5.74, 6) is -0.388. The van der Waals surface area contributed by atoms with Crippen molar-refractivity contribution in [3.63, 3.8) is 0 Å². The van der Waals surface area contributed by atoms with E-state index in [2.05, 4.69) is 31.0 Å². The second-order valence-corrected chi connectivity index (χ2v) is 19.6. The van der Waals surface area contributed by atoms with E-state index in [1.807, 2.05) is 0 Å². The molecule has 0 aliphatic heterocycles. The quantitative estimate of drug-likeness (QED) is 0.0960. The van der Waals surface area contributed by atoms with E-state index in [0.29, 0.717) is 49.4 Å². The first-order chi connectivity index (χ1) is 34.4. The molecule has 22 nitrogen and oxygen atoms in total. The number of aryl methyl sites for hydroxylation is 2. The molecular formula is C48H54N12O10S2. The van der Waals surface area contributed by atoms with Crippen LogP contribution in [-0.4, -0.2) is 96.6 Å². The van der Waals surface area contributed by atoms with Crippen molar-refractivity contribution in [3.8, 4) is 21.5 Å². The van der Waals surface area contributed by atoms with E-state index < -0.39 is 64.6 Å². The molecule has 0 bridgehead atoms. The molecule has 24 heteroatoms. The van der Waals surface area contributed by atoms with Crippen LogP contribution in [0.5, 0.6) is 11.5 Å². The van der Waals surface area contributed by atoms with Crippen molar-refractivity contribution in [3.05, 3.63) is 137 Å². The number of rotatable bonds is 18. The minimum Gasteiger partial charge on any atom is -0.496 e. The highest BCUT2D eigenvalue weighted by Gasteiger charge is 2.31. The molecule has 6 aromatic heterocycles. The van der Waals surface area contributed by atoms with Crippen LogP contribution in [0.4, 0.5) is 0 Å². The van der Waals surface area contributed by atoms with Crippen LogP contribution >= 0.6 is 22.7 Å². The zero-order chi connectivity index (χ0) is 51.9. The number of ether oxygens (including phenoxy) is 2. The fourth-order valence-electron chi connectivity index (χ4n) is 8.69. The molecule has 2 aromatic carbocycles. The maximum absolute atomic E-state index is 14.5. The molecule has 72 heavy (non-hydrogen) atoms. The lowest BCUT2D eigenvalue weighted by atomic mass is 10.1. The third kappa shape index (κ3) is 9.40. The summed E-state index contributed by atoms with van der Waals surface area (Å²) in [4.78, 5) is 88.0. The number of methoxy groups -OCH3 is 2. The number of carbonyl (C=O) groups is 2. The van der Waals surface area contributed by atoms with Gasteiger partial charge in [0.25, 0.3) is 11.1 Å². The van der Waals surface area contributed by atoms with Gasteiger partial charge in [0.15, 0.2) is 0 Å². The Kier molecular flexibility index (Phi) is 14.6. The fourth-order valence-corrected chi connectivity index (χ4v) is 11.1. The number of aliphatic hydroxyl groups is 2. The number of hydrogen-bond donors (Lipinski definition) is 4. The minimum absolute atomic E-state index is 0.133. The standard InChI is InChI=1S/C48H54N12O10S2/c1-24(2)52-39(63)28(6)57-42(66)38-27(5)44(72-46(38)56(47(57)67)23-34(62)32-15-11-13-17-36(32)70-9)60-51-21-30(54-60)20-25(3)53-40(64)29(7)58-41(65)37-26(4)43(59-49-18-19-50-59)71-45(37)55(48(58)68)22-33(61)31-14-10-12-16-35(31)69-8/h10-19,21,24-25,28-29,33-34,61-62H,20,22-23H2,1-9H3,(H,52,63)(H,53,64)/t25?,28-,29+,33+,34+/m1/s1. The first kappa shape index (κ1) is 50.8. The average Bonchev–Trinajstić information content (AvgIpc) is 4.18. The first-order valence-corrected chi connectivity index (χ1v) is 24.6. The van der Waals surface area contributed by atoms with Gasteiger partial charge in [0.2, 0.25) is 11.8 Å². The zero-order valence-electron chi connectivity index (χ0n) is 40.9. The first-order valence-electron chi connectivity index (χ1n) is 22.9. The number of para-hydroxylation sites is 2. The number of hydrogen-bond acceptors (Lipinski definition) is 16. The second-order valence-electron chi connectivity index (χ2n) is 17.6. The summed E-state index contributed by atoms with van der Waals surface area (Å²) in [6.45, 7) is 10.9. The third-order valence-electron chi connectivity index (χ3n) is 12.3. The van der Waals surface area contributed by atoms with Gasteiger partial charge in [-0.1, -0.05) is 59.1 Å². The van der Waals surface area contributed by atoms with Crippen LogP contribution in [-0.2, 0) is 29.1 Å². The molecule has 6 heterocycles. The normalized spacial score (nSPS) is 13.8. The van der Waals surface area contributed by atoms with Crippen LogP contribution in [0.25, 0.3) is 30.4 Å². The predicted octanol–water partition coefficient (Wildman–Crippen LogP) is 3.42. The van der Waals surface area contributed by atoms with Gasteiger partial charge in [-0.3, -0.25) is 28.3 Å². The Morgan fingerprint density at radius 1 is 0.653 bits per heavy atom. The number of nitrogens with zero attached hydrogens (tertiary/aromatic N) is 10. The van der Waals surface area contributed by atoms with Gasteiger partial charge in [0.05, 0.1) is 62.4 Å². The van der Waals surface area contributed by atoms with Crippen molar-refractivity contribution in [2.24, 2.45) is 0 Å². The summed E-state index contributed by atoms with van der Waals surface area (Å²) in [6, 6.07) is 10.2. The maximum atomic E-state index is 14.5. The SMILES string of the molecule is COc1ccccc1[C@@H](O)Cn1c(=O)n([C@H](C)C(=O)NC(C)C)c(=O)c2c(C)c(-n3ncc(CC(C)NC(=O)[C@H](C)n4c(=O)c5c(C)c(-n6nccn6)sc5n(C[C@H](O)c5ccccc5OC)c4=O)n3)sc21. The molecule has 378 valence electrons. The van der Waals surface area contributed by atoms with E-state index in [1.165, 1.54) is 65.4 Å². The topological polar surface area (TPSA) is 267 Å². The number of benzene rings is 2. The van der Waals surface area contributed by atoms with Crippen molar-refractivity contribution >= 4 is 54.9 Å². The van der Waals surface area contributed by atoms with E-state index in [4.69, 9.17) is 9.47 Å². The zero-order valence-corrected chi connectivity index (χ0v) is 42.5. The smallest absolute Gasteiger partial charge is 0.332 e. The van der Waals surface area contributed by atoms with Gasteiger partial charge in [-0.2, -0.15) is 20.4 Å². The van der Waals surface area contributed by atoms with E-state index in [9.17, 15) is 39.0 Å². The maximum Gasteiger partial charge on any atom is 0.332 e. The fraction of sp³-hybridized carbons (Fsp3) is 0.375. The molecule has 0 fully saturated rings. The molecule has 5 atom stereocenters. The van der Waals surface area contributed by atoms with Crippen molar-refractivity contribution in [2.75, 3.05) is 14.2 Å². The lowest BCUT2D eigenvalue weighted by Gasteiger charge is -2.21. The second kappa shape index (κ2) is 20.7. The molecule has 0 spiro atoms. The number of amides is 2. The Morgan fingerprint density at radius 2 is 1.10 bits per heavy atom. The predicted molar refractivity (Wildman–Crippen MR) is 270 cm³/mol. The number of thiophene rings is 2. The summed E-state index contributed by atoms with van der Waals surface area (Å²) in [6.07, 6.45) is 2.08. The van der Waals surface area contributed by atoms with Gasteiger partial charge in [0.1, 0.15) is 55.5 Å². The Balaban J connectivity index is 1.10. The molecule has 1 unspecified atom stereocenters. The summed E-state index contributed by atoms with van der Waals surface area (Å²) < 4.78 is 15.3. The number of aliphatic hydroxyl groups excluding tert-OH is 2. The van der Waals surface area contributed by atoms with Crippen LogP contribution in [0.2, 0.25) is 0 Å². The van der Waals surface area contributed by atoms with Gasteiger partial charge < -0.3 is 30.3 Å². The highest BCUT2D eigenvalue weighted by Crippen LogP contribution is 2.34. The minimum atomic E-state index is -1.32. The van der Waals surface area contributed by atoms with Crippen LogP contribution in [0, 0.1) is 13.8 Å². The van der Waals surface area contributed by atoms with Crippen LogP contribution < -0.4 is 42.6 Å². The van der Waals surface area contributed by atoms with Gasteiger partial charge in [0, 0.05) is 40.8 Å². The monoisotopic (exact) mass is 1020 g/mol. The Hall–Kier alpha value is -7.54. The molecule has 0 aliphatic rings. The van der Waals surface area contributed by atoms with E-state index in [1.54, 1.807) is 83.1 Å². The molecule has 0 saturated heterocycles. The van der Waals surface area contributed by atoms with Crippen molar-refractivity contribution in [1.29, 1.82) is 0 Å². The van der Waals surface area contributed by atoms with Crippen molar-refractivity contribution in [1.82, 2.24) is 58.9 Å². The summed E-state index contributed by atoms with van der Waals surface area (Å²) in [5, 5.41) is 47.5. The van der Waals surface area contributed by atoms with Crippen molar-refractivity contribution in [2.45, 2.75) is 104 Å². The van der Waals surface area contributed by atoms with E-state index >= 15 is 0 Å². The van der Waals surface area contributed by atoms with Gasteiger partial charge in [-0.15, -0.1) is 9.59 Å². The van der Waals surface area contributed by atoms with Crippen LogP contribution in [0.15, 0.2) is 86.3 Å². The Morgan fingerprint density at radius 3 is 1.56 bits per heavy atom. The van der Waals surface area contributed by atoms with Crippen molar-refractivity contribution < 1.29 is 29.3 Å². The highest BCUT2D eigenvalue weighted by atomic mass is 32.1. The van der Waals surface area contributed by atoms with E-state index in [0.717, 1.165) is 31.8 Å².